The maximum atomic E-state index is 13.3. The van der Waals surface area contributed by atoms with E-state index in [9.17, 15) is 18.3 Å². The van der Waals surface area contributed by atoms with Gasteiger partial charge in [0.15, 0.2) is 0 Å². The Balaban J connectivity index is 2.05. The summed E-state index contributed by atoms with van der Waals surface area (Å²) in [7, 11) is 0. The van der Waals surface area contributed by atoms with Crippen molar-refractivity contribution >= 4 is 5.82 Å². The third-order valence-corrected chi connectivity index (χ3v) is 4.07. The summed E-state index contributed by atoms with van der Waals surface area (Å²) in [5.41, 5.74) is -0.250. The highest BCUT2D eigenvalue weighted by atomic mass is 19.4. The molecule has 0 unspecified atom stereocenters. The van der Waals surface area contributed by atoms with E-state index in [2.05, 4.69) is 4.98 Å². The van der Waals surface area contributed by atoms with Crippen LogP contribution in [-0.2, 0) is 6.18 Å². The Kier molecular flexibility index (Phi) is 4.16. The molecular weight excluding hydrogens is 319 g/mol. The third-order valence-electron chi connectivity index (χ3n) is 4.07. The molecule has 1 aromatic carbocycles. The summed E-state index contributed by atoms with van der Waals surface area (Å²) in [6.07, 6.45) is -3.63. The van der Waals surface area contributed by atoms with Crippen molar-refractivity contribution in [2.45, 2.75) is 24.7 Å². The van der Waals surface area contributed by atoms with Gasteiger partial charge in [0.05, 0.1) is 29.3 Å². The van der Waals surface area contributed by atoms with Crippen molar-refractivity contribution in [1.82, 2.24) is 4.98 Å². The van der Waals surface area contributed by atoms with Gasteiger partial charge in [-0.15, -0.1) is 0 Å². The van der Waals surface area contributed by atoms with Crippen LogP contribution in [-0.4, -0.2) is 22.7 Å². The van der Waals surface area contributed by atoms with E-state index in [1.807, 2.05) is 6.07 Å². The number of benzene rings is 1. The van der Waals surface area contributed by atoms with Crippen molar-refractivity contribution in [2.24, 2.45) is 0 Å². The summed E-state index contributed by atoms with van der Waals surface area (Å²) in [4.78, 5) is 5.77. The number of rotatable bonds is 2. The number of anilines is 1. The molecule has 1 aromatic heterocycles. The Hall–Kier alpha value is -2.59. The lowest BCUT2D eigenvalue weighted by atomic mass is 9.97. The summed E-state index contributed by atoms with van der Waals surface area (Å²) in [6, 6.07) is 9.72. The van der Waals surface area contributed by atoms with Crippen molar-refractivity contribution in [2.75, 3.05) is 11.4 Å². The summed E-state index contributed by atoms with van der Waals surface area (Å²) < 4.78 is 39.9. The van der Waals surface area contributed by atoms with Gasteiger partial charge in [-0.3, -0.25) is 0 Å². The number of aliphatic hydroxyl groups is 1. The molecule has 1 aliphatic heterocycles. The van der Waals surface area contributed by atoms with Gasteiger partial charge < -0.3 is 10.0 Å². The van der Waals surface area contributed by atoms with E-state index in [0.717, 1.165) is 6.07 Å². The number of hydrogen-bond acceptors (Lipinski definition) is 4. The third kappa shape index (κ3) is 3.05. The Bertz CT molecular complexity index is 785. The van der Waals surface area contributed by atoms with Gasteiger partial charge in [-0.25, -0.2) is 4.98 Å². The fourth-order valence-corrected chi connectivity index (χ4v) is 3.05. The number of nitrogens with zero attached hydrogens (tertiary/aromatic N) is 3. The second-order valence-corrected chi connectivity index (χ2v) is 5.66. The van der Waals surface area contributed by atoms with Crippen LogP contribution in [0, 0.1) is 11.3 Å². The molecule has 2 aromatic rings. The van der Waals surface area contributed by atoms with Gasteiger partial charge in [-0.1, -0.05) is 18.2 Å². The molecule has 0 radical (unpaired) electrons. The van der Waals surface area contributed by atoms with Crippen LogP contribution >= 0.6 is 0 Å². The van der Waals surface area contributed by atoms with Crippen LogP contribution < -0.4 is 4.90 Å². The molecule has 7 heteroatoms. The lowest BCUT2D eigenvalue weighted by Gasteiger charge is -2.28. The summed E-state index contributed by atoms with van der Waals surface area (Å²) >= 11 is 0. The van der Waals surface area contributed by atoms with Gasteiger partial charge in [-0.2, -0.15) is 18.4 Å². The molecule has 0 saturated carbocycles. The van der Waals surface area contributed by atoms with E-state index >= 15 is 0 Å². The van der Waals surface area contributed by atoms with E-state index < -0.39 is 23.9 Å². The second kappa shape index (κ2) is 6.13. The maximum absolute atomic E-state index is 13.3. The molecule has 4 nitrogen and oxygen atoms in total. The van der Waals surface area contributed by atoms with Crippen molar-refractivity contribution in [1.29, 1.82) is 5.26 Å². The highest BCUT2D eigenvalue weighted by Gasteiger charge is 2.40. The zero-order valence-corrected chi connectivity index (χ0v) is 12.5. The quantitative estimate of drug-likeness (QED) is 0.916. The van der Waals surface area contributed by atoms with Crippen LogP contribution in [0.25, 0.3) is 0 Å². The van der Waals surface area contributed by atoms with Crippen LogP contribution in [0.15, 0.2) is 42.6 Å². The molecule has 1 fully saturated rings. The predicted molar refractivity (Wildman–Crippen MR) is 81.1 cm³/mol. The summed E-state index contributed by atoms with van der Waals surface area (Å²) in [5.74, 6) is 0.382. The van der Waals surface area contributed by atoms with Gasteiger partial charge >= 0.3 is 6.18 Å². The standard InChI is InChI=1S/C17H14F3N3O/c18-17(19,20)14-4-2-1-3-13(14)15-8-12(24)10-23(15)16-7-11(9-21)5-6-22-16/h1-7,12,15,24H,8,10H2/t12-,15-/m0/s1. The van der Waals surface area contributed by atoms with Crippen molar-refractivity contribution in [3.8, 4) is 6.07 Å². The molecule has 2 atom stereocenters. The maximum Gasteiger partial charge on any atom is 0.416 e. The number of halogens is 3. The summed E-state index contributed by atoms with van der Waals surface area (Å²) in [6.45, 7) is 0.165. The smallest absolute Gasteiger partial charge is 0.391 e. The minimum Gasteiger partial charge on any atom is -0.391 e. The van der Waals surface area contributed by atoms with Crippen LogP contribution in [0.1, 0.15) is 29.2 Å². The molecule has 1 N–H and O–H groups in total. The zero-order chi connectivity index (χ0) is 17.3. The SMILES string of the molecule is N#Cc1ccnc(N2C[C@@H](O)C[C@H]2c2ccccc2C(F)(F)F)c1. The number of β-amino-alcohol motifs (C(OH)–C–C–N with tert-alkyl or cyclic N) is 1. The molecule has 0 amide bonds. The van der Waals surface area contributed by atoms with Crippen LogP contribution in [0.5, 0.6) is 0 Å². The highest BCUT2D eigenvalue weighted by Crippen LogP contribution is 2.41. The Morgan fingerprint density at radius 3 is 2.71 bits per heavy atom. The van der Waals surface area contributed by atoms with E-state index in [0.29, 0.717) is 11.4 Å². The first kappa shape index (κ1) is 16.3. The molecule has 0 bridgehead atoms. The monoisotopic (exact) mass is 333 g/mol. The lowest BCUT2D eigenvalue weighted by Crippen LogP contribution is -2.26. The molecule has 1 aliphatic rings. The van der Waals surface area contributed by atoms with Gasteiger partial charge in [0.1, 0.15) is 5.82 Å². The first-order chi connectivity index (χ1) is 11.4. The molecule has 2 heterocycles. The highest BCUT2D eigenvalue weighted by molar-refractivity contribution is 5.50. The van der Waals surface area contributed by atoms with Gasteiger partial charge in [-0.05, 0) is 30.2 Å². The van der Waals surface area contributed by atoms with E-state index in [1.165, 1.54) is 30.5 Å². The van der Waals surface area contributed by atoms with Gasteiger partial charge in [0.25, 0.3) is 0 Å². The minimum absolute atomic E-state index is 0.103. The first-order valence-corrected chi connectivity index (χ1v) is 7.37. The molecule has 3 rings (SSSR count). The minimum atomic E-state index is -4.47. The fourth-order valence-electron chi connectivity index (χ4n) is 3.05. The molecule has 0 aliphatic carbocycles. The van der Waals surface area contributed by atoms with Gasteiger partial charge in [0, 0.05) is 12.7 Å². The first-order valence-electron chi connectivity index (χ1n) is 7.37. The number of alkyl halides is 3. The van der Waals surface area contributed by atoms with Gasteiger partial charge in [0.2, 0.25) is 0 Å². The Labute approximate surface area is 136 Å². The number of aromatic nitrogens is 1. The lowest BCUT2D eigenvalue weighted by molar-refractivity contribution is -0.138. The largest absolute Gasteiger partial charge is 0.416 e. The summed E-state index contributed by atoms with van der Waals surface area (Å²) in [5, 5.41) is 19.0. The van der Waals surface area contributed by atoms with E-state index in [4.69, 9.17) is 5.26 Å². The average molecular weight is 333 g/mol. The number of nitriles is 1. The number of pyridine rings is 1. The number of hydrogen-bond donors (Lipinski definition) is 1. The second-order valence-electron chi connectivity index (χ2n) is 5.66. The Morgan fingerprint density at radius 1 is 1.25 bits per heavy atom. The van der Waals surface area contributed by atoms with Crippen molar-refractivity contribution in [3.63, 3.8) is 0 Å². The number of aliphatic hydroxyl groups excluding tert-OH is 1. The fraction of sp³-hybridized carbons (Fsp3) is 0.294. The predicted octanol–water partition coefficient (Wildman–Crippen LogP) is 3.28. The molecular formula is C17H14F3N3O. The topological polar surface area (TPSA) is 60.2 Å². The van der Waals surface area contributed by atoms with E-state index in [-0.39, 0.29) is 18.5 Å². The molecule has 0 spiro atoms. The molecule has 124 valence electrons. The van der Waals surface area contributed by atoms with Crippen molar-refractivity contribution in [3.05, 3.63) is 59.3 Å². The van der Waals surface area contributed by atoms with Crippen LogP contribution in [0.3, 0.4) is 0 Å². The zero-order valence-electron chi connectivity index (χ0n) is 12.5. The van der Waals surface area contributed by atoms with Crippen molar-refractivity contribution < 1.29 is 18.3 Å². The molecule has 24 heavy (non-hydrogen) atoms. The Morgan fingerprint density at radius 2 is 2.00 bits per heavy atom. The normalized spacial score (nSPS) is 20.9. The van der Waals surface area contributed by atoms with E-state index in [1.54, 1.807) is 11.0 Å². The average Bonchev–Trinajstić information content (AvgIpc) is 2.96. The molecule has 1 saturated heterocycles. The van der Waals surface area contributed by atoms with Crippen LogP contribution in [0.2, 0.25) is 0 Å². The van der Waals surface area contributed by atoms with Crippen LogP contribution in [0.4, 0.5) is 19.0 Å².